The lowest BCUT2D eigenvalue weighted by atomic mass is 10.0. The summed E-state index contributed by atoms with van der Waals surface area (Å²) in [5, 5.41) is 13.8. The normalized spacial score (nSPS) is 12.2. The number of amides is 1. The first-order valence-corrected chi connectivity index (χ1v) is 10.3. The molecule has 0 bridgehead atoms. The maximum atomic E-state index is 12.6. The Bertz CT molecular complexity index is 1370. The van der Waals surface area contributed by atoms with Crippen molar-refractivity contribution in [2.45, 2.75) is 39.2 Å². The second-order valence-corrected chi connectivity index (χ2v) is 7.90. The maximum absolute atomic E-state index is 12.6. The van der Waals surface area contributed by atoms with Crippen molar-refractivity contribution in [2.75, 3.05) is 0 Å². The fraction of sp³-hybridized carbons (Fsp3) is 0.240. The van der Waals surface area contributed by atoms with Crippen LogP contribution in [0.4, 0.5) is 0 Å². The third kappa shape index (κ3) is 4.27. The van der Waals surface area contributed by atoms with Gasteiger partial charge >= 0.3 is 11.6 Å². The monoisotopic (exact) mass is 433 g/mol. The van der Waals surface area contributed by atoms with Gasteiger partial charge in [0.25, 0.3) is 0 Å². The van der Waals surface area contributed by atoms with Crippen LogP contribution in [-0.2, 0) is 22.4 Å². The van der Waals surface area contributed by atoms with Crippen LogP contribution >= 0.6 is 0 Å². The minimum Gasteiger partial charge on any atom is -0.480 e. The van der Waals surface area contributed by atoms with Crippen molar-refractivity contribution < 1.29 is 23.5 Å². The van der Waals surface area contributed by atoms with Crippen molar-refractivity contribution in [1.29, 1.82) is 0 Å². The summed E-state index contributed by atoms with van der Waals surface area (Å²) >= 11 is 0. The molecule has 2 aromatic carbocycles. The van der Waals surface area contributed by atoms with Gasteiger partial charge in [-0.15, -0.1) is 0 Å². The van der Waals surface area contributed by atoms with E-state index >= 15 is 0 Å². The van der Waals surface area contributed by atoms with Gasteiger partial charge in [0.05, 0.1) is 6.26 Å². The number of carbonyl (C=O) groups excluding carboxylic acids is 1. The van der Waals surface area contributed by atoms with Crippen LogP contribution in [0.5, 0.6) is 0 Å². The van der Waals surface area contributed by atoms with Gasteiger partial charge in [0.2, 0.25) is 5.91 Å². The van der Waals surface area contributed by atoms with Crippen LogP contribution in [0.25, 0.3) is 21.9 Å². The summed E-state index contributed by atoms with van der Waals surface area (Å²) in [7, 11) is 0. The van der Waals surface area contributed by atoms with Gasteiger partial charge in [-0.1, -0.05) is 30.3 Å². The first kappa shape index (κ1) is 21.4. The third-order valence-electron chi connectivity index (χ3n) is 5.69. The Morgan fingerprint density at radius 2 is 1.81 bits per heavy atom. The number of carbonyl (C=O) groups is 2. The number of hydrogen-bond donors (Lipinski definition) is 2. The molecule has 2 N–H and O–H groups in total. The first-order valence-electron chi connectivity index (χ1n) is 10.3. The molecule has 164 valence electrons. The van der Waals surface area contributed by atoms with Gasteiger partial charge in [-0.2, -0.15) is 0 Å². The summed E-state index contributed by atoms with van der Waals surface area (Å²) in [6.07, 6.45) is 1.95. The Balaban J connectivity index is 1.52. The number of furan rings is 1. The number of aliphatic carboxylic acids is 1. The zero-order chi connectivity index (χ0) is 22.8. The highest BCUT2D eigenvalue weighted by atomic mass is 16.4. The molecule has 2 aromatic heterocycles. The van der Waals surface area contributed by atoms with Crippen molar-refractivity contribution in [2.24, 2.45) is 0 Å². The Labute approximate surface area is 183 Å². The molecule has 1 amide bonds. The van der Waals surface area contributed by atoms with Crippen molar-refractivity contribution in [3.8, 4) is 0 Å². The van der Waals surface area contributed by atoms with E-state index < -0.39 is 23.5 Å². The van der Waals surface area contributed by atoms with E-state index in [0.29, 0.717) is 16.7 Å². The van der Waals surface area contributed by atoms with Gasteiger partial charge in [-0.3, -0.25) is 4.79 Å². The predicted octanol–water partition coefficient (Wildman–Crippen LogP) is 3.90. The van der Waals surface area contributed by atoms with E-state index in [1.165, 1.54) is 0 Å². The molecule has 4 aromatic rings. The molecule has 2 heterocycles. The van der Waals surface area contributed by atoms with E-state index in [9.17, 15) is 19.5 Å². The molecule has 0 aliphatic heterocycles. The van der Waals surface area contributed by atoms with E-state index in [4.69, 9.17) is 8.83 Å². The van der Waals surface area contributed by atoms with Gasteiger partial charge in [-0.05, 0) is 43.0 Å². The SMILES string of the molecule is Cc1coc2cc3oc(=O)c(CCC(=O)NC(Cc4ccccc4)C(=O)O)c(C)c3cc12. The summed E-state index contributed by atoms with van der Waals surface area (Å²) < 4.78 is 11.0. The summed E-state index contributed by atoms with van der Waals surface area (Å²) in [4.78, 5) is 36.6. The standard InChI is InChI=1S/C25H23NO6/c1-14-13-31-21-12-22-19(11-18(14)21)15(2)17(25(30)32-22)8-9-23(27)26-20(24(28)29)10-16-6-4-3-5-7-16/h3-7,11-13,20H,8-10H2,1-2H3,(H,26,27)(H,28,29). The zero-order valence-electron chi connectivity index (χ0n) is 17.8. The molecule has 0 saturated carbocycles. The lowest BCUT2D eigenvalue weighted by molar-refractivity contribution is -0.141. The molecule has 0 aliphatic carbocycles. The molecule has 0 aliphatic rings. The van der Waals surface area contributed by atoms with E-state index in [1.807, 2.05) is 50.2 Å². The summed E-state index contributed by atoms with van der Waals surface area (Å²) in [6, 6.07) is 11.7. The highest BCUT2D eigenvalue weighted by molar-refractivity contribution is 5.96. The number of carboxylic acid groups (broad SMARTS) is 1. The van der Waals surface area contributed by atoms with Crippen molar-refractivity contribution in [1.82, 2.24) is 5.32 Å². The molecular weight excluding hydrogens is 410 g/mol. The number of rotatable bonds is 7. The van der Waals surface area contributed by atoms with Gasteiger partial charge < -0.3 is 19.3 Å². The molecular formula is C25H23NO6. The maximum Gasteiger partial charge on any atom is 0.339 e. The highest BCUT2D eigenvalue weighted by Gasteiger charge is 2.21. The highest BCUT2D eigenvalue weighted by Crippen LogP contribution is 2.29. The van der Waals surface area contributed by atoms with Crippen LogP contribution in [0, 0.1) is 13.8 Å². The lowest BCUT2D eigenvalue weighted by Gasteiger charge is -2.15. The summed E-state index contributed by atoms with van der Waals surface area (Å²) in [5.41, 5.74) is 3.50. The van der Waals surface area contributed by atoms with E-state index in [2.05, 4.69) is 5.32 Å². The van der Waals surface area contributed by atoms with Crippen molar-refractivity contribution in [3.63, 3.8) is 0 Å². The van der Waals surface area contributed by atoms with E-state index in [1.54, 1.807) is 12.3 Å². The zero-order valence-corrected chi connectivity index (χ0v) is 17.8. The minimum atomic E-state index is -1.11. The molecule has 1 atom stereocenters. The first-order chi connectivity index (χ1) is 15.3. The fourth-order valence-corrected chi connectivity index (χ4v) is 3.88. The van der Waals surface area contributed by atoms with Crippen molar-refractivity contribution in [3.05, 3.63) is 81.4 Å². The fourth-order valence-electron chi connectivity index (χ4n) is 3.88. The van der Waals surface area contributed by atoms with Crippen LogP contribution < -0.4 is 10.9 Å². The molecule has 0 radical (unpaired) electrons. The number of benzene rings is 2. The quantitative estimate of drug-likeness (QED) is 0.428. The Morgan fingerprint density at radius 1 is 1.06 bits per heavy atom. The molecule has 0 saturated heterocycles. The average molecular weight is 433 g/mol. The van der Waals surface area contributed by atoms with Crippen molar-refractivity contribution >= 4 is 33.8 Å². The smallest absolute Gasteiger partial charge is 0.339 e. The van der Waals surface area contributed by atoms with E-state index in [-0.39, 0.29) is 19.3 Å². The Kier molecular flexibility index (Phi) is 5.81. The predicted molar refractivity (Wildman–Crippen MR) is 120 cm³/mol. The average Bonchev–Trinajstić information content (AvgIpc) is 3.12. The van der Waals surface area contributed by atoms with Gasteiger partial charge in [-0.25, -0.2) is 9.59 Å². The molecule has 4 rings (SSSR count). The minimum absolute atomic E-state index is 0.0251. The number of carboxylic acids is 1. The number of aryl methyl sites for hydroxylation is 2. The number of hydrogen-bond acceptors (Lipinski definition) is 5. The van der Waals surface area contributed by atoms with Crippen LogP contribution in [0.3, 0.4) is 0 Å². The lowest BCUT2D eigenvalue weighted by Crippen LogP contribution is -2.42. The van der Waals surface area contributed by atoms with Gasteiger partial charge in [0, 0.05) is 35.2 Å². The van der Waals surface area contributed by atoms with Crippen LogP contribution in [0.1, 0.15) is 28.7 Å². The number of fused-ring (bicyclic) bond motifs is 2. The molecule has 0 fully saturated rings. The molecule has 7 heteroatoms. The van der Waals surface area contributed by atoms with Gasteiger partial charge in [0.1, 0.15) is 17.2 Å². The second-order valence-electron chi connectivity index (χ2n) is 7.90. The largest absolute Gasteiger partial charge is 0.480 e. The van der Waals surface area contributed by atoms with Crippen LogP contribution in [-0.4, -0.2) is 23.0 Å². The summed E-state index contributed by atoms with van der Waals surface area (Å²) in [5.74, 6) is -1.54. The van der Waals surface area contributed by atoms with Crippen LogP contribution in [0.15, 0.2) is 62.4 Å². The Morgan fingerprint density at radius 3 is 2.53 bits per heavy atom. The molecule has 32 heavy (non-hydrogen) atoms. The Hall–Kier alpha value is -3.87. The van der Waals surface area contributed by atoms with Crippen LogP contribution in [0.2, 0.25) is 0 Å². The third-order valence-corrected chi connectivity index (χ3v) is 5.69. The van der Waals surface area contributed by atoms with E-state index in [0.717, 1.165) is 27.5 Å². The molecule has 7 nitrogen and oxygen atoms in total. The second kappa shape index (κ2) is 8.70. The number of nitrogens with one attached hydrogen (secondary N) is 1. The van der Waals surface area contributed by atoms with Gasteiger partial charge in [0.15, 0.2) is 0 Å². The molecule has 1 unspecified atom stereocenters. The topological polar surface area (TPSA) is 110 Å². The molecule has 0 spiro atoms. The summed E-state index contributed by atoms with van der Waals surface area (Å²) in [6.45, 7) is 3.76.